The van der Waals surface area contributed by atoms with Crippen LogP contribution < -0.4 is 21.2 Å². The van der Waals surface area contributed by atoms with E-state index in [1.165, 1.54) is 33.5 Å². The predicted molar refractivity (Wildman–Crippen MR) is 140 cm³/mol. The van der Waals surface area contributed by atoms with Crippen molar-refractivity contribution in [1.82, 2.24) is 0 Å². The van der Waals surface area contributed by atoms with Crippen molar-refractivity contribution in [2.24, 2.45) is 0 Å². The molecule has 4 aromatic carbocycles. The van der Waals surface area contributed by atoms with Crippen LogP contribution in [0.1, 0.15) is 0 Å². The van der Waals surface area contributed by atoms with E-state index in [0.29, 0.717) is 0 Å². The van der Waals surface area contributed by atoms with Gasteiger partial charge in [0.25, 0.3) is 0 Å². The van der Waals surface area contributed by atoms with E-state index >= 15 is 0 Å². The van der Waals surface area contributed by atoms with Gasteiger partial charge in [-0.1, -0.05) is 72.8 Å². The lowest BCUT2D eigenvalue weighted by Crippen LogP contribution is -2.30. The Kier molecular flexibility index (Phi) is 6.48. The molecule has 0 aliphatic carbocycles. The first-order valence-electron chi connectivity index (χ1n) is 10.6. The van der Waals surface area contributed by atoms with Gasteiger partial charge < -0.3 is 0 Å². The molecule has 4 aromatic rings. The van der Waals surface area contributed by atoms with Crippen molar-refractivity contribution in [2.75, 3.05) is 25.7 Å². The highest BCUT2D eigenvalue weighted by Gasteiger charge is 2.44. The van der Waals surface area contributed by atoms with E-state index in [4.69, 9.17) is 0 Å². The molecule has 0 saturated heterocycles. The fourth-order valence-corrected chi connectivity index (χ4v) is 12.4. The lowest BCUT2D eigenvalue weighted by molar-refractivity contribution is 1.46. The van der Waals surface area contributed by atoms with Crippen LogP contribution in [0.4, 0.5) is 0 Å². The summed E-state index contributed by atoms with van der Waals surface area (Å²) >= 11 is 0. The minimum atomic E-state index is -1.48. The quantitative estimate of drug-likeness (QED) is 0.337. The van der Waals surface area contributed by atoms with Crippen LogP contribution in [0.25, 0.3) is 0 Å². The van der Waals surface area contributed by atoms with Crippen LogP contribution in [0.3, 0.4) is 0 Å². The summed E-state index contributed by atoms with van der Waals surface area (Å²) in [7, 11) is -2.97. The van der Waals surface area contributed by atoms with Crippen molar-refractivity contribution < 1.29 is 0 Å². The minimum absolute atomic E-state index is 1.22. The topological polar surface area (TPSA) is 0 Å². The summed E-state index contributed by atoms with van der Waals surface area (Å²) in [4.78, 5) is 0. The maximum Gasteiger partial charge on any atom is 0.103 e. The Bertz CT molecular complexity index is 877. The van der Waals surface area contributed by atoms with Crippen molar-refractivity contribution >= 4 is 35.7 Å². The molecule has 0 aliphatic rings. The van der Waals surface area contributed by atoms with Gasteiger partial charge in [0.05, 0.1) is 49.1 Å². The number of hydrogen-bond acceptors (Lipinski definition) is 0. The molecule has 0 aliphatic heterocycles. The monoisotopic (exact) mass is 428 g/mol. The lowest BCUT2D eigenvalue weighted by atomic mass is 10.4. The molecule has 0 nitrogen and oxygen atoms in total. The summed E-state index contributed by atoms with van der Waals surface area (Å²) in [6.45, 7) is 5.05. The Labute approximate surface area is 182 Å². The average molecular weight is 428 g/mol. The van der Waals surface area contributed by atoms with Crippen molar-refractivity contribution in [1.29, 1.82) is 0 Å². The Hall–Kier alpha value is -2.26. The van der Waals surface area contributed by atoms with E-state index in [1.807, 2.05) is 0 Å². The van der Waals surface area contributed by atoms with E-state index in [9.17, 15) is 0 Å². The van der Waals surface area contributed by atoms with Crippen molar-refractivity contribution in [3.8, 4) is 0 Å². The summed E-state index contributed by atoms with van der Waals surface area (Å²) in [6, 6.07) is 44.7. The zero-order valence-electron chi connectivity index (χ0n) is 17.9. The minimum Gasteiger partial charge on any atom is -0.0620 e. The Morgan fingerprint density at radius 3 is 0.767 bits per heavy atom. The lowest BCUT2D eigenvalue weighted by Gasteiger charge is -2.28. The third kappa shape index (κ3) is 4.27. The van der Waals surface area contributed by atoms with E-state index in [-0.39, 0.29) is 0 Å². The highest BCUT2D eigenvalue weighted by molar-refractivity contribution is 7.92. The van der Waals surface area contributed by atoms with Crippen LogP contribution in [-0.2, 0) is 0 Å². The van der Waals surface area contributed by atoms with Crippen LogP contribution in [-0.4, -0.2) is 25.7 Å². The molecule has 30 heavy (non-hydrogen) atoms. The molecule has 0 atom stereocenters. The van der Waals surface area contributed by atoms with Crippen LogP contribution >= 0.6 is 14.5 Å². The van der Waals surface area contributed by atoms with Gasteiger partial charge in [0.1, 0.15) is 12.3 Å². The molecular formula is C28H30P2+2. The second kappa shape index (κ2) is 9.26. The summed E-state index contributed by atoms with van der Waals surface area (Å²) in [5.74, 6) is 0. The molecule has 0 saturated carbocycles. The van der Waals surface area contributed by atoms with Gasteiger partial charge in [-0.3, -0.25) is 0 Å². The summed E-state index contributed by atoms with van der Waals surface area (Å²) in [5.41, 5.74) is 0. The molecule has 0 spiro atoms. The van der Waals surface area contributed by atoms with Gasteiger partial charge in [-0.05, 0) is 48.5 Å². The van der Waals surface area contributed by atoms with E-state index in [2.05, 4.69) is 135 Å². The maximum atomic E-state index is 2.53. The van der Waals surface area contributed by atoms with Gasteiger partial charge in [-0.2, -0.15) is 0 Å². The molecule has 2 heteroatoms. The average Bonchev–Trinajstić information content (AvgIpc) is 2.84. The molecule has 0 amide bonds. The number of rotatable bonds is 7. The van der Waals surface area contributed by atoms with E-state index < -0.39 is 14.5 Å². The fourth-order valence-electron chi connectivity index (χ4n) is 4.24. The molecule has 0 N–H and O–H groups in total. The van der Waals surface area contributed by atoms with Gasteiger partial charge >= 0.3 is 0 Å². The highest BCUT2D eigenvalue weighted by atomic mass is 31.2. The van der Waals surface area contributed by atoms with Gasteiger partial charge in [0.15, 0.2) is 0 Å². The predicted octanol–water partition coefficient (Wildman–Crippen LogP) is 5.58. The third-order valence-electron chi connectivity index (χ3n) is 6.30. The Morgan fingerprint density at radius 2 is 0.567 bits per heavy atom. The van der Waals surface area contributed by atoms with Crippen LogP contribution in [0.2, 0.25) is 0 Å². The summed E-state index contributed by atoms with van der Waals surface area (Å²) in [6.07, 6.45) is 2.43. The smallest absolute Gasteiger partial charge is 0.0620 e. The zero-order chi connectivity index (χ0) is 20.9. The summed E-state index contributed by atoms with van der Waals surface area (Å²) in [5, 5.41) is 6.01. The standard InChI is InChI=1S/C28H30P2/c1-29(25-15-7-3-8-16-25,26-17-9-4-10-18-26)23-24-30(2,27-19-11-5-12-20-27)28-21-13-6-14-22-28/h3-22H,23-24H2,1-2H3/q+2. The number of benzene rings is 4. The molecule has 0 aromatic heterocycles. The van der Waals surface area contributed by atoms with Crippen LogP contribution in [0.15, 0.2) is 121 Å². The largest absolute Gasteiger partial charge is 0.103 e. The van der Waals surface area contributed by atoms with Crippen molar-refractivity contribution in [2.45, 2.75) is 0 Å². The first-order valence-corrected chi connectivity index (χ1v) is 15.4. The molecule has 0 radical (unpaired) electrons. The summed E-state index contributed by atoms with van der Waals surface area (Å²) < 4.78 is 0. The van der Waals surface area contributed by atoms with Crippen LogP contribution in [0.5, 0.6) is 0 Å². The first-order chi connectivity index (χ1) is 14.6. The van der Waals surface area contributed by atoms with Crippen molar-refractivity contribution in [3.63, 3.8) is 0 Å². The Balaban J connectivity index is 1.76. The molecule has 0 heterocycles. The van der Waals surface area contributed by atoms with E-state index in [0.717, 1.165) is 0 Å². The highest BCUT2D eigenvalue weighted by Crippen LogP contribution is 2.60. The second-order valence-corrected chi connectivity index (χ2v) is 15.9. The van der Waals surface area contributed by atoms with Gasteiger partial charge in [0, 0.05) is 0 Å². The van der Waals surface area contributed by atoms with Crippen molar-refractivity contribution in [3.05, 3.63) is 121 Å². The third-order valence-corrected chi connectivity index (χ3v) is 14.6. The SMILES string of the molecule is C[P+](CC[P+](C)(c1ccccc1)c1ccccc1)(c1ccccc1)c1ccccc1. The second-order valence-electron chi connectivity index (χ2n) is 8.17. The molecule has 0 bridgehead atoms. The van der Waals surface area contributed by atoms with Gasteiger partial charge in [-0.15, -0.1) is 0 Å². The normalized spacial score (nSPS) is 11.9. The first kappa shape index (κ1) is 21.0. The molecule has 0 unspecified atom stereocenters. The fraction of sp³-hybridized carbons (Fsp3) is 0.143. The van der Waals surface area contributed by atoms with Crippen LogP contribution in [0, 0.1) is 0 Å². The molecule has 0 fully saturated rings. The Morgan fingerprint density at radius 1 is 0.367 bits per heavy atom. The maximum absolute atomic E-state index is 2.53. The molecular weight excluding hydrogens is 398 g/mol. The van der Waals surface area contributed by atoms with Gasteiger partial charge in [0.2, 0.25) is 0 Å². The van der Waals surface area contributed by atoms with Gasteiger partial charge in [-0.25, -0.2) is 0 Å². The zero-order valence-corrected chi connectivity index (χ0v) is 19.6. The van der Waals surface area contributed by atoms with E-state index in [1.54, 1.807) is 0 Å². The molecule has 150 valence electrons. The number of hydrogen-bond donors (Lipinski definition) is 0. The molecule has 4 rings (SSSR count).